The summed E-state index contributed by atoms with van der Waals surface area (Å²) >= 11 is 0. The van der Waals surface area contributed by atoms with Gasteiger partial charge in [-0.25, -0.2) is 5.84 Å². The predicted molar refractivity (Wildman–Crippen MR) is 127 cm³/mol. The van der Waals surface area contributed by atoms with Gasteiger partial charge in [0.25, 0.3) is 11.8 Å². The molecular formula is C24H31N5O4. The van der Waals surface area contributed by atoms with Crippen LogP contribution in [0.25, 0.3) is 0 Å². The summed E-state index contributed by atoms with van der Waals surface area (Å²) in [5.41, 5.74) is 12.1. The number of fused-ring (bicyclic) bond motifs is 1. The standard InChI is InChI=1S/C24H31N5O4/c1-5-24(6-2)13-20(30)17-11-15(8-10-21(17)33-24)22(31)27-28-23(32)16-7-9-19(18(25)12-16)29(26)14(3)4/h7-12,14H,5-6,13,25-26H2,1-4H3,(H,27,31)(H,28,32). The van der Waals surface area contributed by atoms with E-state index in [1.807, 2.05) is 27.7 Å². The minimum atomic E-state index is -0.556. The van der Waals surface area contributed by atoms with Crippen LogP contribution in [0.3, 0.4) is 0 Å². The second-order valence-electron chi connectivity index (χ2n) is 8.49. The molecule has 0 aliphatic carbocycles. The van der Waals surface area contributed by atoms with Crippen LogP contribution in [0.5, 0.6) is 5.75 Å². The number of anilines is 2. The molecule has 2 aromatic carbocycles. The lowest BCUT2D eigenvalue weighted by atomic mass is 9.85. The van der Waals surface area contributed by atoms with E-state index in [0.29, 0.717) is 22.7 Å². The van der Waals surface area contributed by atoms with E-state index in [9.17, 15) is 14.4 Å². The molecule has 2 amide bonds. The zero-order valence-electron chi connectivity index (χ0n) is 19.4. The number of ketones is 1. The van der Waals surface area contributed by atoms with E-state index in [1.54, 1.807) is 24.3 Å². The van der Waals surface area contributed by atoms with E-state index in [1.165, 1.54) is 17.1 Å². The van der Waals surface area contributed by atoms with Gasteiger partial charge in [0.2, 0.25) is 0 Å². The van der Waals surface area contributed by atoms with Crippen molar-refractivity contribution in [2.45, 2.75) is 58.6 Å². The molecule has 176 valence electrons. The first-order chi connectivity index (χ1) is 15.6. The fourth-order valence-corrected chi connectivity index (χ4v) is 3.75. The van der Waals surface area contributed by atoms with E-state index in [4.69, 9.17) is 16.3 Å². The van der Waals surface area contributed by atoms with Crippen LogP contribution in [0.2, 0.25) is 0 Å². The Bertz CT molecular complexity index is 1080. The van der Waals surface area contributed by atoms with Crippen molar-refractivity contribution in [1.29, 1.82) is 0 Å². The molecule has 0 bridgehead atoms. The highest BCUT2D eigenvalue weighted by molar-refractivity contribution is 6.04. The van der Waals surface area contributed by atoms with Gasteiger partial charge in [-0.15, -0.1) is 0 Å². The number of nitrogens with zero attached hydrogens (tertiary/aromatic N) is 1. The lowest BCUT2D eigenvalue weighted by Gasteiger charge is -2.36. The van der Waals surface area contributed by atoms with Gasteiger partial charge >= 0.3 is 0 Å². The number of nitrogens with one attached hydrogen (secondary N) is 2. The number of hydrazine groups is 2. The number of amides is 2. The Morgan fingerprint density at radius 2 is 1.64 bits per heavy atom. The summed E-state index contributed by atoms with van der Waals surface area (Å²) in [7, 11) is 0. The molecule has 1 heterocycles. The topological polar surface area (TPSA) is 140 Å². The molecule has 6 N–H and O–H groups in total. The van der Waals surface area contributed by atoms with Gasteiger partial charge in [0.1, 0.15) is 11.4 Å². The van der Waals surface area contributed by atoms with E-state index in [0.717, 1.165) is 12.8 Å². The van der Waals surface area contributed by atoms with Crippen molar-refractivity contribution in [3.05, 3.63) is 53.1 Å². The van der Waals surface area contributed by atoms with Gasteiger partial charge < -0.3 is 15.5 Å². The Morgan fingerprint density at radius 1 is 1.06 bits per heavy atom. The molecule has 9 heteroatoms. The molecule has 0 saturated heterocycles. The first-order valence-corrected chi connectivity index (χ1v) is 11.0. The number of rotatable bonds is 6. The summed E-state index contributed by atoms with van der Waals surface area (Å²) in [6.07, 6.45) is 1.70. The summed E-state index contributed by atoms with van der Waals surface area (Å²) in [5.74, 6) is 5.29. The molecule has 0 radical (unpaired) electrons. The van der Waals surface area contributed by atoms with Crippen molar-refractivity contribution >= 4 is 29.0 Å². The van der Waals surface area contributed by atoms with Crippen LogP contribution in [-0.2, 0) is 0 Å². The minimum absolute atomic E-state index is 0.0283. The van der Waals surface area contributed by atoms with Crippen molar-refractivity contribution in [2.75, 3.05) is 10.7 Å². The molecule has 33 heavy (non-hydrogen) atoms. The quantitative estimate of drug-likeness (QED) is 0.299. The highest BCUT2D eigenvalue weighted by Gasteiger charge is 2.37. The van der Waals surface area contributed by atoms with E-state index >= 15 is 0 Å². The highest BCUT2D eigenvalue weighted by Crippen LogP contribution is 2.37. The van der Waals surface area contributed by atoms with Crippen LogP contribution in [0.15, 0.2) is 36.4 Å². The number of ether oxygens (including phenoxy) is 1. The molecule has 0 saturated carbocycles. The molecule has 2 aromatic rings. The number of nitrogen functional groups attached to an aromatic ring is 1. The van der Waals surface area contributed by atoms with Crippen molar-refractivity contribution in [2.24, 2.45) is 5.84 Å². The molecule has 0 atom stereocenters. The number of benzene rings is 2. The number of hydrogen-bond donors (Lipinski definition) is 4. The van der Waals surface area contributed by atoms with Crippen LogP contribution in [0.1, 0.15) is 78.0 Å². The van der Waals surface area contributed by atoms with Gasteiger partial charge in [0, 0.05) is 17.2 Å². The van der Waals surface area contributed by atoms with E-state index in [2.05, 4.69) is 10.9 Å². The lowest BCUT2D eigenvalue weighted by Crippen LogP contribution is -2.42. The van der Waals surface area contributed by atoms with Gasteiger partial charge in [-0.2, -0.15) is 0 Å². The monoisotopic (exact) mass is 453 g/mol. The Balaban J connectivity index is 1.68. The predicted octanol–water partition coefficient (Wildman–Crippen LogP) is 2.96. The van der Waals surface area contributed by atoms with Crippen molar-refractivity contribution in [3.8, 4) is 5.75 Å². The third kappa shape index (κ3) is 4.93. The normalized spacial score (nSPS) is 14.3. The first-order valence-electron chi connectivity index (χ1n) is 11.0. The second-order valence-corrected chi connectivity index (χ2v) is 8.49. The fraction of sp³-hybridized carbons (Fsp3) is 0.375. The summed E-state index contributed by atoms with van der Waals surface area (Å²) in [4.78, 5) is 37.7. The average Bonchev–Trinajstić information content (AvgIpc) is 2.81. The number of carbonyl (C=O) groups is 3. The van der Waals surface area contributed by atoms with Crippen LogP contribution in [-0.4, -0.2) is 29.2 Å². The largest absolute Gasteiger partial charge is 0.486 e. The summed E-state index contributed by atoms with van der Waals surface area (Å²) in [6.45, 7) is 7.81. The molecule has 9 nitrogen and oxygen atoms in total. The maximum absolute atomic E-state index is 12.7. The molecule has 0 spiro atoms. The summed E-state index contributed by atoms with van der Waals surface area (Å²) in [5, 5.41) is 1.50. The second kappa shape index (κ2) is 9.50. The van der Waals surface area contributed by atoms with E-state index in [-0.39, 0.29) is 29.4 Å². The zero-order valence-corrected chi connectivity index (χ0v) is 19.4. The Morgan fingerprint density at radius 3 is 2.18 bits per heavy atom. The fourth-order valence-electron chi connectivity index (χ4n) is 3.75. The van der Waals surface area contributed by atoms with Crippen LogP contribution >= 0.6 is 0 Å². The maximum atomic E-state index is 12.7. The van der Waals surface area contributed by atoms with Gasteiger partial charge in [0.05, 0.1) is 23.4 Å². The number of Topliss-reactive ketones (excluding diaryl/α,β-unsaturated/α-hetero) is 1. The highest BCUT2D eigenvalue weighted by atomic mass is 16.5. The summed E-state index contributed by atoms with van der Waals surface area (Å²) in [6, 6.07) is 9.40. The lowest BCUT2D eigenvalue weighted by molar-refractivity contribution is 0.0349. The van der Waals surface area contributed by atoms with Crippen LogP contribution in [0.4, 0.5) is 11.4 Å². The van der Waals surface area contributed by atoms with Gasteiger partial charge in [-0.3, -0.25) is 25.2 Å². The van der Waals surface area contributed by atoms with Gasteiger partial charge in [-0.1, -0.05) is 13.8 Å². The van der Waals surface area contributed by atoms with E-state index < -0.39 is 17.4 Å². The van der Waals surface area contributed by atoms with Gasteiger partial charge in [0.15, 0.2) is 5.78 Å². The molecule has 0 fully saturated rings. The van der Waals surface area contributed by atoms with Crippen LogP contribution < -0.4 is 32.2 Å². The molecule has 3 rings (SSSR count). The van der Waals surface area contributed by atoms with Crippen LogP contribution in [0, 0.1) is 0 Å². The SMILES string of the molecule is CCC1(CC)CC(=O)c2cc(C(=O)NNC(=O)c3ccc(N(N)C(C)C)c(N)c3)ccc2O1. The Hall–Kier alpha value is -3.59. The van der Waals surface area contributed by atoms with Crippen molar-refractivity contribution in [1.82, 2.24) is 10.9 Å². The molecule has 0 aromatic heterocycles. The zero-order chi connectivity index (χ0) is 24.3. The Labute approximate surface area is 193 Å². The summed E-state index contributed by atoms with van der Waals surface area (Å²) < 4.78 is 6.08. The first kappa shape index (κ1) is 24.1. The average molecular weight is 454 g/mol. The Kier molecular flexibility index (Phi) is 6.92. The molecule has 1 aliphatic heterocycles. The molecular weight excluding hydrogens is 422 g/mol. The number of hydrogen-bond acceptors (Lipinski definition) is 7. The third-order valence-corrected chi connectivity index (χ3v) is 6.05. The van der Waals surface area contributed by atoms with Crippen molar-refractivity contribution in [3.63, 3.8) is 0 Å². The number of carbonyl (C=O) groups excluding carboxylic acids is 3. The number of nitrogens with two attached hydrogens (primary N) is 2. The minimum Gasteiger partial charge on any atom is -0.486 e. The molecule has 1 aliphatic rings. The maximum Gasteiger partial charge on any atom is 0.269 e. The van der Waals surface area contributed by atoms with Crippen molar-refractivity contribution < 1.29 is 19.1 Å². The third-order valence-electron chi connectivity index (χ3n) is 6.05. The smallest absolute Gasteiger partial charge is 0.269 e. The van der Waals surface area contributed by atoms with Gasteiger partial charge in [-0.05, 0) is 63.1 Å². The molecule has 0 unspecified atom stereocenters.